The van der Waals surface area contributed by atoms with E-state index in [9.17, 15) is 12.8 Å². The Morgan fingerprint density at radius 2 is 1.93 bits per heavy atom. The molecule has 152 valence electrons. The molecule has 2 aromatic rings. The molecule has 2 aromatic carbocycles. The van der Waals surface area contributed by atoms with Gasteiger partial charge in [0.2, 0.25) is 10.0 Å². The molecule has 0 aromatic heterocycles. The first-order valence-electron chi connectivity index (χ1n) is 8.68. The lowest BCUT2D eigenvalue weighted by Gasteiger charge is -2.13. The molecule has 0 aliphatic heterocycles. The molecule has 0 saturated carbocycles. The van der Waals surface area contributed by atoms with Crippen LogP contribution in [-0.4, -0.2) is 34.1 Å². The van der Waals surface area contributed by atoms with Crippen molar-refractivity contribution in [1.82, 2.24) is 10.0 Å². The molecule has 0 radical (unpaired) electrons. The van der Waals surface area contributed by atoms with E-state index in [1.165, 1.54) is 30.3 Å². The van der Waals surface area contributed by atoms with Gasteiger partial charge in [0, 0.05) is 19.7 Å². The summed E-state index contributed by atoms with van der Waals surface area (Å²) in [6.07, 6.45) is 0. The molecule has 4 N–H and O–H groups in total. The van der Waals surface area contributed by atoms with E-state index in [0.29, 0.717) is 17.7 Å². The zero-order valence-electron chi connectivity index (χ0n) is 15.9. The lowest BCUT2D eigenvalue weighted by atomic mass is 10.2. The largest absolute Gasteiger partial charge is 0.383 e. The van der Waals surface area contributed by atoms with Crippen LogP contribution in [0.15, 0.2) is 58.4 Å². The smallest absolute Gasteiger partial charge is 0.240 e. The lowest BCUT2D eigenvalue weighted by Crippen LogP contribution is -2.40. The fourth-order valence-electron chi connectivity index (χ4n) is 2.49. The number of nitrogens with one attached hydrogen (secondary N) is 2. The maximum atomic E-state index is 13.2. The summed E-state index contributed by atoms with van der Waals surface area (Å²) in [7, 11) is -2.15. The highest BCUT2D eigenvalue weighted by atomic mass is 32.2. The monoisotopic (exact) mass is 408 g/mol. The van der Waals surface area contributed by atoms with Crippen molar-refractivity contribution in [3.05, 3.63) is 65.5 Å². The Bertz CT molecular complexity index is 919. The van der Waals surface area contributed by atoms with Gasteiger partial charge in [-0.1, -0.05) is 24.3 Å². The molecule has 2 rings (SSSR count). The molecule has 1 atom stereocenters. The van der Waals surface area contributed by atoms with Gasteiger partial charge in [0.25, 0.3) is 0 Å². The number of ether oxygens (including phenoxy) is 1. The summed E-state index contributed by atoms with van der Waals surface area (Å²) >= 11 is 0. The van der Waals surface area contributed by atoms with E-state index in [4.69, 9.17) is 10.5 Å². The molecule has 0 aliphatic rings. The van der Waals surface area contributed by atoms with Crippen LogP contribution in [0.25, 0.3) is 0 Å². The van der Waals surface area contributed by atoms with Gasteiger partial charge >= 0.3 is 0 Å². The Balaban J connectivity index is 2.02. The van der Waals surface area contributed by atoms with Crippen molar-refractivity contribution in [3.63, 3.8) is 0 Å². The van der Waals surface area contributed by atoms with Crippen LogP contribution in [0, 0.1) is 5.82 Å². The zero-order valence-corrected chi connectivity index (χ0v) is 16.7. The van der Waals surface area contributed by atoms with Gasteiger partial charge in [-0.2, -0.15) is 0 Å². The maximum Gasteiger partial charge on any atom is 0.240 e. The molecule has 0 spiro atoms. The zero-order chi connectivity index (χ0) is 20.6. The molecule has 1 unspecified atom stereocenters. The topological polar surface area (TPSA) is 106 Å². The molecular weight excluding hydrogens is 383 g/mol. The first-order chi connectivity index (χ1) is 13.3. The fraction of sp³-hybridized carbons (Fsp3) is 0.316. The van der Waals surface area contributed by atoms with Crippen LogP contribution in [0.1, 0.15) is 18.1 Å². The van der Waals surface area contributed by atoms with Gasteiger partial charge in [0.15, 0.2) is 5.96 Å². The molecule has 0 heterocycles. The Kier molecular flexibility index (Phi) is 7.91. The van der Waals surface area contributed by atoms with Gasteiger partial charge in [-0.3, -0.25) is 0 Å². The highest BCUT2D eigenvalue weighted by molar-refractivity contribution is 7.89. The van der Waals surface area contributed by atoms with Crippen LogP contribution in [0.2, 0.25) is 0 Å². The number of aliphatic imine (C=N–C) groups is 1. The van der Waals surface area contributed by atoms with E-state index < -0.39 is 15.8 Å². The van der Waals surface area contributed by atoms with Crippen LogP contribution >= 0.6 is 0 Å². The summed E-state index contributed by atoms with van der Waals surface area (Å²) in [5.74, 6) is -0.162. The molecule has 0 bridgehead atoms. The molecule has 9 heteroatoms. The molecule has 0 fully saturated rings. The number of benzene rings is 2. The van der Waals surface area contributed by atoms with Gasteiger partial charge in [-0.25, -0.2) is 22.5 Å². The number of nitrogens with zero attached hydrogens (tertiary/aromatic N) is 1. The van der Waals surface area contributed by atoms with Gasteiger partial charge in [-0.05, 0) is 42.3 Å². The first kappa shape index (κ1) is 21.8. The quantitative estimate of drug-likeness (QED) is 0.433. The molecular formula is C19H25FN4O3S. The van der Waals surface area contributed by atoms with Crippen molar-refractivity contribution >= 4 is 16.0 Å². The number of hydrogen-bond acceptors (Lipinski definition) is 4. The molecule has 28 heavy (non-hydrogen) atoms. The number of rotatable bonds is 9. The highest BCUT2D eigenvalue weighted by Gasteiger charge is 2.14. The number of hydrogen-bond donors (Lipinski definition) is 3. The molecule has 0 aliphatic carbocycles. The Morgan fingerprint density at radius 3 is 2.64 bits per heavy atom. The first-order valence-corrected chi connectivity index (χ1v) is 10.2. The van der Waals surface area contributed by atoms with Crippen LogP contribution in [-0.2, 0) is 27.8 Å². The van der Waals surface area contributed by atoms with E-state index in [0.717, 1.165) is 0 Å². The van der Waals surface area contributed by atoms with Crippen molar-refractivity contribution < 1.29 is 17.5 Å². The predicted molar refractivity (Wildman–Crippen MR) is 107 cm³/mol. The number of nitrogens with two attached hydrogens (primary N) is 1. The SMILES string of the molecule is COCC(C)NC(N)=NCc1cccc(S(=O)(=O)NCc2cccc(F)c2)c1. The van der Waals surface area contributed by atoms with E-state index in [1.807, 2.05) is 6.92 Å². The Morgan fingerprint density at radius 1 is 1.21 bits per heavy atom. The predicted octanol–water partition coefficient (Wildman–Crippen LogP) is 1.74. The Labute approximate surface area is 164 Å². The number of guanidine groups is 1. The standard InChI is InChI=1S/C19H25FN4O3S/c1-14(13-27-2)24-19(21)22-11-16-6-4-8-18(10-16)28(25,26)23-12-15-5-3-7-17(20)9-15/h3-10,14,23H,11-13H2,1-2H3,(H3,21,22,24). The minimum atomic E-state index is -3.74. The average molecular weight is 408 g/mol. The third-order valence-corrected chi connectivity index (χ3v) is 5.21. The van der Waals surface area contributed by atoms with E-state index in [-0.39, 0.29) is 30.0 Å². The minimum Gasteiger partial charge on any atom is -0.383 e. The summed E-state index contributed by atoms with van der Waals surface area (Å²) in [5.41, 5.74) is 7.05. The normalized spacial score (nSPS) is 13.3. The van der Waals surface area contributed by atoms with Crippen molar-refractivity contribution in [1.29, 1.82) is 0 Å². The van der Waals surface area contributed by atoms with Gasteiger partial charge in [-0.15, -0.1) is 0 Å². The minimum absolute atomic E-state index is 0.00324. The molecule has 0 saturated heterocycles. The molecule has 0 amide bonds. The van der Waals surface area contributed by atoms with Crippen LogP contribution < -0.4 is 15.8 Å². The molecule has 7 nitrogen and oxygen atoms in total. The second-order valence-electron chi connectivity index (χ2n) is 6.30. The fourth-order valence-corrected chi connectivity index (χ4v) is 3.57. The number of sulfonamides is 1. The summed E-state index contributed by atoms with van der Waals surface area (Å²) in [4.78, 5) is 4.32. The highest BCUT2D eigenvalue weighted by Crippen LogP contribution is 2.13. The third kappa shape index (κ3) is 6.91. The summed E-state index contributed by atoms with van der Waals surface area (Å²) in [6, 6.07) is 12.2. The summed E-state index contributed by atoms with van der Waals surface area (Å²) in [6.45, 7) is 2.62. The van der Waals surface area contributed by atoms with E-state index >= 15 is 0 Å². The second-order valence-corrected chi connectivity index (χ2v) is 8.07. The van der Waals surface area contributed by atoms with E-state index in [2.05, 4.69) is 15.0 Å². The number of halogens is 1. The van der Waals surface area contributed by atoms with Crippen LogP contribution in [0.5, 0.6) is 0 Å². The number of methoxy groups -OCH3 is 1. The van der Waals surface area contributed by atoms with Crippen molar-refractivity contribution in [2.75, 3.05) is 13.7 Å². The van der Waals surface area contributed by atoms with Gasteiger partial charge in [0.1, 0.15) is 5.82 Å². The Hall–Kier alpha value is -2.49. The van der Waals surface area contributed by atoms with E-state index in [1.54, 1.807) is 25.3 Å². The maximum absolute atomic E-state index is 13.2. The van der Waals surface area contributed by atoms with Gasteiger partial charge < -0.3 is 15.8 Å². The van der Waals surface area contributed by atoms with Gasteiger partial charge in [0.05, 0.1) is 18.0 Å². The van der Waals surface area contributed by atoms with Crippen molar-refractivity contribution in [2.24, 2.45) is 10.7 Å². The van der Waals surface area contributed by atoms with Crippen LogP contribution in [0.3, 0.4) is 0 Å². The van der Waals surface area contributed by atoms with Crippen molar-refractivity contribution in [3.8, 4) is 0 Å². The third-order valence-electron chi connectivity index (χ3n) is 3.81. The average Bonchev–Trinajstić information content (AvgIpc) is 2.65. The lowest BCUT2D eigenvalue weighted by molar-refractivity contribution is 0.179. The summed E-state index contributed by atoms with van der Waals surface area (Å²) in [5, 5.41) is 2.98. The summed E-state index contributed by atoms with van der Waals surface area (Å²) < 4.78 is 45.7. The second kappa shape index (κ2) is 10.2. The van der Waals surface area contributed by atoms with Crippen LogP contribution in [0.4, 0.5) is 4.39 Å². The van der Waals surface area contributed by atoms with Crippen molar-refractivity contribution in [2.45, 2.75) is 31.0 Å².